The molecule has 146 valence electrons. The Labute approximate surface area is 163 Å². The number of carboxylic acid groups (broad SMARTS) is 1. The van der Waals surface area contributed by atoms with Gasteiger partial charge in [0.05, 0.1) is 0 Å². The summed E-state index contributed by atoms with van der Waals surface area (Å²) >= 11 is 0. The number of aliphatic carboxylic acids is 1. The number of carbonyl (C=O) groups is 1. The van der Waals surface area contributed by atoms with Crippen LogP contribution < -0.4 is 0 Å². The molecule has 2 rings (SSSR count). The molecular formula is C24H32O3. The molecule has 3 heteroatoms. The molecule has 0 spiro atoms. The van der Waals surface area contributed by atoms with Gasteiger partial charge in [0.15, 0.2) is 0 Å². The van der Waals surface area contributed by atoms with E-state index in [2.05, 4.69) is 34.6 Å². The van der Waals surface area contributed by atoms with Crippen molar-refractivity contribution in [2.45, 2.75) is 66.2 Å². The number of hydrogen-bond donors (Lipinski definition) is 2. The van der Waals surface area contributed by atoms with E-state index in [4.69, 9.17) is 0 Å². The lowest BCUT2D eigenvalue weighted by molar-refractivity contribution is -0.137. The highest BCUT2D eigenvalue weighted by Gasteiger charge is 2.33. The summed E-state index contributed by atoms with van der Waals surface area (Å²) in [6, 6.07) is 11.2. The fourth-order valence-corrected chi connectivity index (χ4v) is 4.27. The predicted octanol–water partition coefficient (Wildman–Crippen LogP) is 5.94. The Hall–Kier alpha value is -2.29. The van der Waals surface area contributed by atoms with E-state index in [1.807, 2.05) is 50.2 Å². The first kappa shape index (κ1) is 21.0. The number of rotatable bonds is 5. The van der Waals surface area contributed by atoms with Gasteiger partial charge < -0.3 is 10.2 Å². The van der Waals surface area contributed by atoms with Crippen molar-refractivity contribution in [3.8, 4) is 5.75 Å². The van der Waals surface area contributed by atoms with E-state index in [-0.39, 0.29) is 16.6 Å². The van der Waals surface area contributed by atoms with E-state index < -0.39 is 11.9 Å². The quantitative estimate of drug-likeness (QED) is 0.686. The molecule has 0 heterocycles. The maximum absolute atomic E-state index is 12.2. The highest BCUT2D eigenvalue weighted by molar-refractivity contribution is 5.81. The van der Waals surface area contributed by atoms with Gasteiger partial charge in [-0.2, -0.15) is 0 Å². The first-order valence-electron chi connectivity index (χ1n) is 9.46. The molecule has 2 N–H and O–H groups in total. The Balaban J connectivity index is 2.71. The number of phenolic OH excluding ortho intramolecular Hbond substituents is 1. The monoisotopic (exact) mass is 368 g/mol. The molecule has 27 heavy (non-hydrogen) atoms. The van der Waals surface area contributed by atoms with E-state index >= 15 is 0 Å². The summed E-state index contributed by atoms with van der Waals surface area (Å²) in [7, 11) is 0. The number of benzene rings is 2. The van der Waals surface area contributed by atoms with Gasteiger partial charge in [-0.1, -0.05) is 71.0 Å². The van der Waals surface area contributed by atoms with Crippen LogP contribution in [0.25, 0.3) is 0 Å². The number of aromatic hydroxyl groups is 1. The molecular weight excluding hydrogens is 336 g/mol. The van der Waals surface area contributed by atoms with Crippen molar-refractivity contribution in [3.63, 3.8) is 0 Å². The van der Waals surface area contributed by atoms with Gasteiger partial charge in [0.1, 0.15) is 11.7 Å². The largest absolute Gasteiger partial charge is 0.507 e. The van der Waals surface area contributed by atoms with Gasteiger partial charge in [-0.15, -0.1) is 0 Å². The van der Waals surface area contributed by atoms with Crippen molar-refractivity contribution in [3.05, 3.63) is 64.2 Å². The van der Waals surface area contributed by atoms with Crippen molar-refractivity contribution in [2.24, 2.45) is 5.41 Å². The van der Waals surface area contributed by atoms with Crippen molar-refractivity contribution < 1.29 is 15.0 Å². The number of hydrogen-bond acceptors (Lipinski definition) is 2. The predicted molar refractivity (Wildman–Crippen MR) is 111 cm³/mol. The summed E-state index contributed by atoms with van der Waals surface area (Å²) in [5.74, 6) is -1.36. The third-order valence-corrected chi connectivity index (χ3v) is 5.30. The molecule has 0 radical (unpaired) electrons. The van der Waals surface area contributed by atoms with E-state index in [0.717, 1.165) is 34.2 Å². The summed E-state index contributed by atoms with van der Waals surface area (Å²) < 4.78 is 0. The smallest absolute Gasteiger partial charge is 0.315 e. The fraction of sp³-hybridized carbons (Fsp3) is 0.458. The van der Waals surface area contributed by atoms with Crippen LogP contribution in [0, 0.1) is 19.3 Å². The molecule has 1 unspecified atom stereocenters. The Morgan fingerprint density at radius 3 is 2.04 bits per heavy atom. The molecule has 2 aromatic carbocycles. The average Bonchev–Trinajstić information content (AvgIpc) is 2.53. The van der Waals surface area contributed by atoms with E-state index in [0.29, 0.717) is 0 Å². The lowest BCUT2D eigenvalue weighted by atomic mass is 9.70. The molecule has 0 fully saturated rings. The normalized spacial score (nSPS) is 13.4. The minimum Gasteiger partial charge on any atom is -0.507 e. The highest BCUT2D eigenvalue weighted by Crippen LogP contribution is 2.44. The van der Waals surface area contributed by atoms with Gasteiger partial charge in [-0.05, 0) is 53.4 Å². The van der Waals surface area contributed by atoms with Crippen LogP contribution in [0.15, 0.2) is 36.4 Å². The van der Waals surface area contributed by atoms with Crippen LogP contribution >= 0.6 is 0 Å². The zero-order valence-corrected chi connectivity index (χ0v) is 17.6. The molecule has 2 aromatic rings. The van der Waals surface area contributed by atoms with Crippen molar-refractivity contribution in [2.75, 3.05) is 0 Å². The summed E-state index contributed by atoms with van der Waals surface area (Å²) in [4.78, 5) is 12.2. The lowest BCUT2D eigenvalue weighted by Crippen LogP contribution is -2.26. The summed E-state index contributed by atoms with van der Waals surface area (Å²) in [5.41, 5.74) is 3.71. The van der Waals surface area contributed by atoms with E-state index in [1.165, 1.54) is 0 Å². The van der Waals surface area contributed by atoms with E-state index in [1.54, 1.807) is 0 Å². The Kier molecular flexibility index (Phi) is 5.74. The minimum absolute atomic E-state index is 0.0839. The maximum atomic E-state index is 12.2. The molecule has 0 aliphatic heterocycles. The number of phenols is 1. The number of carboxylic acids is 1. The van der Waals surface area contributed by atoms with Crippen molar-refractivity contribution in [1.82, 2.24) is 0 Å². The van der Waals surface area contributed by atoms with Gasteiger partial charge in [0.2, 0.25) is 0 Å². The van der Waals surface area contributed by atoms with Gasteiger partial charge in [0, 0.05) is 5.56 Å². The maximum Gasteiger partial charge on any atom is 0.315 e. The van der Waals surface area contributed by atoms with Crippen LogP contribution in [0.1, 0.15) is 74.8 Å². The Morgan fingerprint density at radius 2 is 1.56 bits per heavy atom. The van der Waals surface area contributed by atoms with E-state index in [9.17, 15) is 15.0 Å². The molecule has 0 aliphatic carbocycles. The van der Waals surface area contributed by atoms with Crippen LogP contribution in [0.2, 0.25) is 0 Å². The second-order valence-electron chi connectivity index (χ2n) is 9.42. The fourth-order valence-electron chi connectivity index (χ4n) is 4.27. The Morgan fingerprint density at radius 1 is 1.00 bits per heavy atom. The van der Waals surface area contributed by atoms with Gasteiger partial charge >= 0.3 is 5.97 Å². The third kappa shape index (κ3) is 4.52. The molecule has 0 aliphatic rings. The SMILES string of the molecule is Cc1c(C(C(=O)O)c2ccccc2)cc(C(C)(C)CC(C)(C)C)c(O)c1C. The molecule has 1 atom stereocenters. The standard InChI is InChI=1S/C24H32O3/c1-15-16(2)21(25)19(24(6,7)14-23(3,4)5)13-18(15)20(22(26)27)17-11-9-8-10-12-17/h8-13,20,25H,14H2,1-7H3,(H,26,27). The van der Waals surface area contributed by atoms with Gasteiger partial charge in [0.25, 0.3) is 0 Å². The molecule has 0 aromatic heterocycles. The topological polar surface area (TPSA) is 57.5 Å². The van der Waals surface area contributed by atoms with Crippen LogP contribution in [-0.2, 0) is 10.2 Å². The summed E-state index contributed by atoms with van der Waals surface area (Å²) in [6.07, 6.45) is 0.874. The molecule has 3 nitrogen and oxygen atoms in total. The first-order chi connectivity index (χ1) is 12.3. The summed E-state index contributed by atoms with van der Waals surface area (Å²) in [5, 5.41) is 20.9. The van der Waals surface area contributed by atoms with Crippen LogP contribution in [-0.4, -0.2) is 16.2 Å². The Bertz CT molecular complexity index is 827. The second kappa shape index (κ2) is 7.38. The van der Waals surface area contributed by atoms with Gasteiger partial charge in [-0.25, -0.2) is 0 Å². The molecule has 0 amide bonds. The molecule has 0 saturated heterocycles. The van der Waals surface area contributed by atoms with Crippen LogP contribution in [0.5, 0.6) is 5.75 Å². The minimum atomic E-state index is -0.881. The zero-order chi connectivity index (χ0) is 20.6. The molecule has 0 saturated carbocycles. The van der Waals surface area contributed by atoms with Crippen molar-refractivity contribution in [1.29, 1.82) is 0 Å². The average molecular weight is 369 g/mol. The van der Waals surface area contributed by atoms with Crippen LogP contribution in [0.3, 0.4) is 0 Å². The van der Waals surface area contributed by atoms with Crippen molar-refractivity contribution >= 4 is 5.97 Å². The van der Waals surface area contributed by atoms with Crippen LogP contribution in [0.4, 0.5) is 0 Å². The first-order valence-corrected chi connectivity index (χ1v) is 9.46. The molecule has 0 bridgehead atoms. The second-order valence-corrected chi connectivity index (χ2v) is 9.42. The zero-order valence-electron chi connectivity index (χ0n) is 17.6. The van der Waals surface area contributed by atoms with Gasteiger partial charge in [-0.3, -0.25) is 4.79 Å². The highest BCUT2D eigenvalue weighted by atomic mass is 16.4. The lowest BCUT2D eigenvalue weighted by Gasteiger charge is -2.35. The summed E-state index contributed by atoms with van der Waals surface area (Å²) in [6.45, 7) is 14.5. The third-order valence-electron chi connectivity index (χ3n) is 5.30.